The van der Waals surface area contributed by atoms with Crippen LogP contribution in [-0.4, -0.2) is 6.54 Å². The highest BCUT2D eigenvalue weighted by atomic mass is 14.9. The average Bonchev–Trinajstić information content (AvgIpc) is 2.92. The first kappa shape index (κ1) is 13.4. The van der Waals surface area contributed by atoms with Gasteiger partial charge < -0.3 is 5.32 Å². The molecule has 0 bridgehead atoms. The lowest BCUT2D eigenvalue weighted by Crippen LogP contribution is -2.20. The number of allylic oxidation sites excluding steroid dienone is 1. The summed E-state index contributed by atoms with van der Waals surface area (Å²) in [6.07, 6.45) is 8.74. The average molecular weight is 243 g/mol. The molecule has 2 rings (SSSR count). The maximum Gasteiger partial charge on any atom is 0.0291 e. The quantitative estimate of drug-likeness (QED) is 0.730. The summed E-state index contributed by atoms with van der Waals surface area (Å²) < 4.78 is 0. The maximum atomic E-state index is 3.62. The van der Waals surface area contributed by atoms with Crippen molar-refractivity contribution < 1.29 is 0 Å². The number of benzene rings is 1. The van der Waals surface area contributed by atoms with Crippen LogP contribution in [0.3, 0.4) is 0 Å². The predicted molar refractivity (Wildman–Crippen MR) is 78.8 cm³/mol. The summed E-state index contributed by atoms with van der Waals surface area (Å²) >= 11 is 0. The third kappa shape index (κ3) is 3.71. The van der Waals surface area contributed by atoms with Crippen molar-refractivity contribution in [3.8, 4) is 0 Å². The van der Waals surface area contributed by atoms with Gasteiger partial charge >= 0.3 is 0 Å². The van der Waals surface area contributed by atoms with E-state index in [2.05, 4.69) is 49.5 Å². The maximum absolute atomic E-state index is 3.62. The summed E-state index contributed by atoms with van der Waals surface area (Å²) in [5.41, 5.74) is 4.46. The second-order valence-electron chi connectivity index (χ2n) is 5.28. The molecule has 1 N–H and O–H groups in total. The molecular formula is C17H25N. The molecule has 98 valence electrons. The second kappa shape index (κ2) is 6.75. The van der Waals surface area contributed by atoms with Gasteiger partial charge in [-0.25, -0.2) is 0 Å². The third-order valence-electron chi connectivity index (χ3n) is 3.92. The van der Waals surface area contributed by atoms with E-state index in [0.717, 1.165) is 13.0 Å². The highest BCUT2D eigenvalue weighted by Gasteiger charge is 2.07. The molecule has 0 aliphatic heterocycles. The van der Waals surface area contributed by atoms with E-state index in [4.69, 9.17) is 0 Å². The van der Waals surface area contributed by atoms with Crippen LogP contribution in [0.4, 0.5) is 0 Å². The normalized spacial score (nSPS) is 16.7. The van der Waals surface area contributed by atoms with Crippen LogP contribution in [0.5, 0.6) is 0 Å². The fraction of sp³-hybridized carbons (Fsp3) is 0.529. The molecule has 1 nitrogen and oxygen atoms in total. The molecule has 1 aliphatic carbocycles. The molecule has 0 fully saturated rings. The molecule has 1 aliphatic rings. The van der Waals surface area contributed by atoms with E-state index >= 15 is 0 Å². The smallest absolute Gasteiger partial charge is 0.0291 e. The van der Waals surface area contributed by atoms with Gasteiger partial charge in [-0.3, -0.25) is 0 Å². The predicted octanol–water partition coefficient (Wildman–Crippen LogP) is 4.40. The van der Waals surface area contributed by atoms with Crippen molar-refractivity contribution in [2.24, 2.45) is 0 Å². The molecule has 0 amide bonds. The van der Waals surface area contributed by atoms with Gasteiger partial charge in [0.05, 0.1) is 0 Å². The molecular weight excluding hydrogens is 218 g/mol. The van der Waals surface area contributed by atoms with E-state index < -0.39 is 0 Å². The summed E-state index contributed by atoms with van der Waals surface area (Å²) in [5, 5.41) is 3.62. The highest BCUT2D eigenvalue weighted by Crippen LogP contribution is 2.20. The van der Waals surface area contributed by atoms with Crippen molar-refractivity contribution in [3.05, 3.63) is 47.0 Å². The molecule has 0 heterocycles. The van der Waals surface area contributed by atoms with E-state index in [1.54, 1.807) is 5.57 Å². The molecule has 0 spiro atoms. The number of aryl methyl sites for hydroxylation is 1. The van der Waals surface area contributed by atoms with Crippen LogP contribution in [0.15, 0.2) is 35.9 Å². The molecule has 0 aromatic heterocycles. The fourth-order valence-electron chi connectivity index (χ4n) is 2.57. The zero-order valence-electron chi connectivity index (χ0n) is 11.7. The van der Waals surface area contributed by atoms with Crippen molar-refractivity contribution in [3.63, 3.8) is 0 Å². The zero-order chi connectivity index (χ0) is 12.8. The standard InChI is InChI=1S/C17H25N/c1-3-15-8-10-17(11-9-15)14(2)18-13-12-16-6-4-5-7-16/h6,8-11,14,18H,3-5,7,12-13H2,1-2H3. The number of hydrogen-bond donors (Lipinski definition) is 1. The summed E-state index contributed by atoms with van der Waals surface area (Å²) in [7, 11) is 0. The van der Waals surface area contributed by atoms with Crippen LogP contribution in [0.2, 0.25) is 0 Å². The Hall–Kier alpha value is -1.08. The van der Waals surface area contributed by atoms with Crippen LogP contribution in [0.1, 0.15) is 56.7 Å². The number of hydrogen-bond acceptors (Lipinski definition) is 1. The molecule has 1 heteroatoms. The summed E-state index contributed by atoms with van der Waals surface area (Å²) in [4.78, 5) is 0. The first-order chi connectivity index (χ1) is 8.79. The van der Waals surface area contributed by atoms with Gasteiger partial charge in [0, 0.05) is 6.04 Å². The van der Waals surface area contributed by atoms with E-state index in [9.17, 15) is 0 Å². The van der Waals surface area contributed by atoms with Crippen molar-refractivity contribution in [2.45, 2.75) is 52.0 Å². The minimum atomic E-state index is 0.456. The van der Waals surface area contributed by atoms with Gasteiger partial charge in [0.2, 0.25) is 0 Å². The van der Waals surface area contributed by atoms with Crippen molar-refractivity contribution in [1.82, 2.24) is 5.32 Å². The van der Waals surface area contributed by atoms with Crippen LogP contribution < -0.4 is 5.32 Å². The van der Waals surface area contributed by atoms with Gasteiger partial charge in [-0.2, -0.15) is 0 Å². The minimum absolute atomic E-state index is 0.456. The summed E-state index contributed by atoms with van der Waals surface area (Å²) in [5.74, 6) is 0. The Morgan fingerprint density at radius 1 is 1.22 bits per heavy atom. The lowest BCUT2D eigenvalue weighted by atomic mass is 10.0. The summed E-state index contributed by atoms with van der Waals surface area (Å²) in [6.45, 7) is 5.55. The van der Waals surface area contributed by atoms with Crippen LogP contribution in [0, 0.1) is 0 Å². The Bertz CT molecular complexity index is 389. The van der Waals surface area contributed by atoms with E-state index in [1.165, 1.54) is 36.8 Å². The van der Waals surface area contributed by atoms with Crippen LogP contribution >= 0.6 is 0 Å². The van der Waals surface area contributed by atoms with Crippen molar-refractivity contribution in [1.29, 1.82) is 0 Å². The SMILES string of the molecule is CCc1ccc(C(C)NCCC2=CCCC2)cc1. The van der Waals surface area contributed by atoms with Crippen LogP contribution in [0.25, 0.3) is 0 Å². The van der Waals surface area contributed by atoms with E-state index in [0.29, 0.717) is 6.04 Å². The Labute approximate surface area is 111 Å². The Balaban J connectivity index is 1.77. The summed E-state index contributed by atoms with van der Waals surface area (Å²) in [6, 6.07) is 9.45. The molecule has 1 unspecified atom stereocenters. The van der Waals surface area contributed by atoms with E-state index in [1.807, 2.05) is 0 Å². The Morgan fingerprint density at radius 3 is 2.61 bits per heavy atom. The lowest BCUT2D eigenvalue weighted by Gasteiger charge is -2.15. The van der Waals surface area contributed by atoms with Gasteiger partial charge in [0.15, 0.2) is 0 Å². The molecule has 1 aromatic carbocycles. The first-order valence-electron chi connectivity index (χ1n) is 7.29. The first-order valence-corrected chi connectivity index (χ1v) is 7.29. The molecule has 0 radical (unpaired) electrons. The zero-order valence-corrected chi connectivity index (χ0v) is 11.7. The van der Waals surface area contributed by atoms with Gasteiger partial charge in [-0.1, -0.05) is 42.8 Å². The van der Waals surface area contributed by atoms with Crippen molar-refractivity contribution in [2.75, 3.05) is 6.54 Å². The van der Waals surface area contributed by atoms with Crippen LogP contribution in [-0.2, 0) is 6.42 Å². The third-order valence-corrected chi connectivity index (χ3v) is 3.92. The largest absolute Gasteiger partial charge is 0.310 e. The molecule has 18 heavy (non-hydrogen) atoms. The molecule has 0 saturated heterocycles. The number of nitrogens with one attached hydrogen (secondary N) is 1. The van der Waals surface area contributed by atoms with Gasteiger partial charge in [0.1, 0.15) is 0 Å². The monoisotopic (exact) mass is 243 g/mol. The van der Waals surface area contributed by atoms with Gasteiger partial charge in [0.25, 0.3) is 0 Å². The molecule has 1 aromatic rings. The Kier molecular flexibility index (Phi) is 5.00. The fourth-order valence-corrected chi connectivity index (χ4v) is 2.57. The Morgan fingerprint density at radius 2 is 2.00 bits per heavy atom. The molecule has 1 atom stereocenters. The second-order valence-corrected chi connectivity index (χ2v) is 5.28. The molecule has 0 saturated carbocycles. The van der Waals surface area contributed by atoms with Gasteiger partial charge in [-0.15, -0.1) is 0 Å². The highest BCUT2D eigenvalue weighted by molar-refractivity contribution is 5.24. The lowest BCUT2D eigenvalue weighted by molar-refractivity contribution is 0.573. The van der Waals surface area contributed by atoms with Gasteiger partial charge in [-0.05, 0) is 56.7 Å². The van der Waals surface area contributed by atoms with E-state index in [-0.39, 0.29) is 0 Å². The minimum Gasteiger partial charge on any atom is -0.310 e. The topological polar surface area (TPSA) is 12.0 Å². The van der Waals surface area contributed by atoms with Crippen molar-refractivity contribution >= 4 is 0 Å². The number of rotatable bonds is 6.